The van der Waals surface area contributed by atoms with Gasteiger partial charge in [0, 0.05) is 6.42 Å². The normalized spacial score (nSPS) is 34.3. The first-order chi connectivity index (χ1) is 5.75. The molecule has 0 amide bonds. The second-order valence-electron chi connectivity index (χ2n) is 4.37. The largest absolute Gasteiger partial charge is 0.481 e. The average molecular weight is 168 g/mol. The zero-order valence-corrected chi connectivity index (χ0v) is 7.33. The van der Waals surface area contributed by atoms with Gasteiger partial charge in [0.1, 0.15) is 0 Å². The summed E-state index contributed by atoms with van der Waals surface area (Å²) in [6, 6.07) is 0. The second kappa shape index (κ2) is 3.08. The van der Waals surface area contributed by atoms with Crippen molar-refractivity contribution in [1.29, 1.82) is 0 Å². The lowest BCUT2D eigenvalue weighted by Crippen LogP contribution is -2.25. The van der Waals surface area contributed by atoms with Crippen molar-refractivity contribution in [1.82, 2.24) is 0 Å². The van der Waals surface area contributed by atoms with Crippen molar-refractivity contribution in [2.24, 2.45) is 17.8 Å². The Labute approximate surface area is 73.0 Å². The molecule has 0 aromatic carbocycles. The monoisotopic (exact) mass is 168 g/mol. The standard InChI is InChI=1S/C10H16O2/c11-10(12)4-1-7-5-9(6-7)8-2-3-8/h7-9H,1-6H2,(H,11,12). The van der Waals surface area contributed by atoms with Gasteiger partial charge in [-0.1, -0.05) is 0 Å². The molecular weight excluding hydrogens is 152 g/mol. The van der Waals surface area contributed by atoms with Gasteiger partial charge in [-0.05, 0) is 49.9 Å². The van der Waals surface area contributed by atoms with Gasteiger partial charge in [0.2, 0.25) is 0 Å². The molecule has 12 heavy (non-hydrogen) atoms. The van der Waals surface area contributed by atoms with Gasteiger partial charge in [0.25, 0.3) is 0 Å². The Morgan fingerprint density at radius 2 is 1.92 bits per heavy atom. The highest BCUT2D eigenvalue weighted by Crippen LogP contribution is 2.50. The maximum Gasteiger partial charge on any atom is 0.303 e. The highest BCUT2D eigenvalue weighted by molar-refractivity contribution is 5.66. The predicted molar refractivity (Wildman–Crippen MR) is 45.8 cm³/mol. The van der Waals surface area contributed by atoms with Crippen molar-refractivity contribution < 1.29 is 9.90 Å². The van der Waals surface area contributed by atoms with E-state index in [0.717, 1.165) is 24.2 Å². The Morgan fingerprint density at radius 3 is 2.42 bits per heavy atom. The minimum atomic E-state index is -0.634. The topological polar surface area (TPSA) is 37.3 Å². The second-order valence-corrected chi connectivity index (χ2v) is 4.37. The maximum absolute atomic E-state index is 10.3. The molecule has 2 aliphatic carbocycles. The molecule has 2 aliphatic rings. The van der Waals surface area contributed by atoms with Crippen LogP contribution in [0.1, 0.15) is 38.5 Å². The first kappa shape index (κ1) is 8.09. The maximum atomic E-state index is 10.3. The molecule has 0 aromatic heterocycles. The van der Waals surface area contributed by atoms with Crippen molar-refractivity contribution in [3.05, 3.63) is 0 Å². The third-order valence-electron chi connectivity index (χ3n) is 3.33. The lowest BCUT2D eigenvalue weighted by atomic mass is 9.70. The number of rotatable bonds is 4. The van der Waals surface area contributed by atoms with E-state index < -0.39 is 5.97 Å². The lowest BCUT2D eigenvalue weighted by Gasteiger charge is -2.35. The first-order valence-electron chi connectivity index (χ1n) is 4.97. The highest BCUT2D eigenvalue weighted by Gasteiger charge is 2.39. The van der Waals surface area contributed by atoms with Crippen LogP contribution in [0.4, 0.5) is 0 Å². The quantitative estimate of drug-likeness (QED) is 0.699. The summed E-state index contributed by atoms with van der Waals surface area (Å²) in [5, 5.41) is 8.47. The van der Waals surface area contributed by atoms with E-state index in [2.05, 4.69) is 0 Å². The molecule has 0 aromatic rings. The SMILES string of the molecule is O=C(O)CCC1CC(C2CC2)C1. The van der Waals surface area contributed by atoms with E-state index in [9.17, 15) is 4.79 Å². The zero-order chi connectivity index (χ0) is 8.55. The molecule has 1 N–H and O–H groups in total. The van der Waals surface area contributed by atoms with Crippen LogP contribution in [0.2, 0.25) is 0 Å². The van der Waals surface area contributed by atoms with E-state index in [1.807, 2.05) is 0 Å². The first-order valence-corrected chi connectivity index (χ1v) is 4.97. The molecule has 2 nitrogen and oxygen atoms in total. The van der Waals surface area contributed by atoms with E-state index in [1.54, 1.807) is 0 Å². The zero-order valence-electron chi connectivity index (χ0n) is 7.33. The lowest BCUT2D eigenvalue weighted by molar-refractivity contribution is -0.137. The summed E-state index contributed by atoms with van der Waals surface area (Å²) in [6.07, 6.45) is 6.81. The molecule has 2 rings (SSSR count). The van der Waals surface area contributed by atoms with Crippen LogP contribution in [0, 0.1) is 17.8 Å². The van der Waals surface area contributed by atoms with Gasteiger partial charge < -0.3 is 5.11 Å². The molecule has 0 spiro atoms. The van der Waals surface area contributed by atoms with Crippen molar-refractivity contribution in [3.8, 4) is 0 Å². The van der Waals surface area contributed by atoms with E-state index in [-0.39, 0.29) is 0 Å². The molecule has 68 valence electrons. The van der Waals surface area contributed by atoms with Crippen LogP contribution >= 0.6 is 0 Å². The molecule has 0 bridgehead atoms. The number of carboxylic acids is 1. The summed E-state index contributed by atoms with van der Waals surface area (Å²) in [7, 11) is 0. The minimum absolute atomic E-state index is 0.377. The predicted octanol–water partition coefficient (Wildman–Crippen LogP) is 2.29. The molecule has 2 heteroatoms. The summed E-state index contributed by atoms with van der Waals surface area (Å²) >= 11 is 0. The van der Waals surface area contributed by atoms with Crippen molar-refractivity contribution in [3.63, 3.8) is 0 Å². The van der Waals surface area contributed by atoms with Gasteiger partial charge in [-0.2, -0.15) is 0 Å². The number of hydrogen-bond acceptors (Lipinski definition) is 1. The van der Waals surface area contributed by atoms with Gasteiger partial charge in [-0.3, -0.25) is 4.79 Å². The highest BCUT2D eigenvalue weighted by atomic mass is 16.4. The Hall–Kier alpha value is -0.530. The van der Waals surface area contributed by atoms with Gasteiger partial charge in [-0.25, -0.2) is 0 Å². The van der Waals surface area contributed by atoms with Crippen LogP contribution in [0.5, 0.6) is 0 Å². The van der Waals surface area contributed by atoms with Gasteiger partial charge in [0.15, 0.2) is 0 Å². The van der Waals surface area contributed by atoms with Crippen LogP contribution in [-0.2, 0) is 4.79 Å². The third kappa shape index (κ3) is 1.79. The van der Waals surface area contributed by atoms with Gasteiger partial charge >= 0.3 is 5.97 Å². The van der Waals surface area contributed by atoms with Crippen molar-refractivity contribution >= 4 is 5.97 Å². The molecule has 0 aliphatic heterocycles. The summed E-state index contributed by atoms with van der Waals surface area (Å²) in [5.41, 5.74) is 0. The third-order valence-corrected chi connectivity index (χ3v) is 3.33. The van der Waals surface area contributed by atoms with E-state index >= 15 is 0 Å². The van der Waals surface area contributed by atoms with E-state index in [4.69, 9.17) is 5.11 Å². The summed E-state index contributed by atoms with van der Waals surface area (Å²) in [4.78, 5) is 10.3. The molecule has 2 fully saturated rings. The number of carbonyl (C=O) groups is 1. The summed E-state index contributed by atoms with van der Waals surface area (Å²) in [6.45, 7) is 0. The van der Waals surface area contributed by atoms with Crippen molar-refractivity contribution in [2.45, 2.75) is 38.5 Å². The molecule has 0 unspecified atom stereocenters. The Balaban J connectivity index is 1.58. The summed E-state index contributed by atoms with van der Waals surface area (Å²) < 4.78 is 0. The number of hydrogen-bond donors (Lipinski definition) is 1. The van der Waals surface area contributed by atoms with Crippen LogP contribution in [0.25, 0.3) is 0 Å². The van der Waals surface area contributed by atoms with E-state index in [0.29, 0.717) is 6.42 Å². The molecule has 0 heterocycles. The van der Waals surface area contributed by atoms with Crippen LogP contribution in [0.15, 0.2) is 0 Å². The molecule has 0 radical (unpaired) electrons. The van der Waals surface area contributed by atoms with Gasteiger partial charge in [-0.15, -0.1) is 0 Å². The molecule has 2 saturated carbocycles. The van der Waals surface area contributed by atoms with Crippen LogP contribution in [-0.4, -0.2) is 11.1 Å². The Kier molecular flexibility index (Phi) is 2.07. The Morgan fingerprint density at radius 1 is 1.25 bits per heavy atom. The van der Waals surface area contributed by atoms with Gasteiger partial charge in [0.05, 0.1) is 0 Å². The van der Waals surface area contributed by atoms with E-state index in [1.165, 1.54) is 25.7 Å². The molecule has 0 saturated heterocycles. The molecular formula is C10H16O2. The Bertz CT molecular complexity index is 178. The van der Waals surface area contributed by atoms with Crippen LogP contribution < -0.4 is 0 Å². The smallest absolute Gasteiger partial charge is 0.303 e. The minimum Gasteiger partial charge on any atom is -0.481 e. The molecule has 0 atom stereocenters. The van der Waals surface area contributed by atoms with Crippen LogP contribution in [0.3, 0.4) is 0 Å². The fraction of sp³-hybridized carbons (Fsp3) is 0.900. The fourth-order valence-electron chi connectivity index (χ4n) is 2.30. The number of carboxylic acid groups (broad SMARTS) is 1. The van der Waals surface area contributed by atoms with Crippen molar-refractivity contribution in [2.75, 3.05) is 0 Å². The number of aliphatic carboxylic acids is 1. The summed E-state index contributed by atoms with van der Waals surface area (Å²) in [5.74, 6) is 2.12. The fourth-order valence-corrected chi connectivity index (χ4v) is 2.30. The average Bonchev–Trinajstić information content (AvgIpc) is 2.66.